The molecule has 0 aromatic heterocycles. The van der Waals surface area contributed by atoms with Gasteiger partial charge in [0.15, 0.2) is 11.5 Å². The summed E-state index contributed by atoms with van der Waals surface area (Å²) >= 11 is 0. The van der Waals surface area contributed by atoms with E-state index < -0.39 is 0 Å². The Morgan fingerprint density at radius 1 is 1.06 bits per heavy atom. The second-order valence-corrected chi connectivity index (χ2v) is 8.85. The highest BCUT2D eigenvalue weighted by atomic mass is 16.5. The van der Waals surface area contributed by atoms with Gasteiger partial charge in [-0.15, -0.1) is 0 Å². The number of ether oxygens (including phenoxy) is 2. The highest BCUT2D eigenvalue weighted by molar-refractivity contribution is 6.15. The second-order valence-electron chi connectivity index (χ2n) is 8.85. The van der Waals surface area contributed by atoms with Gasteiger partial charge in [-0.05, 0) is 56.0 Å². The van der Waals surface area contributed by atoms with Crippen molar-refractivity contribution in [1.29, 1.82) is 0 Å². The molecular weight excluding hydrogens is 432 g/mol. The summed E-state index contributed by atoms with van der Waals surface area (Å²) in [7, 11) is 4.77. The second kappa shape index (κ2) is 10.6. The van der Waals surface area contributed by atoms with Crippen molar-refractivity contribution in [3.05, 3.63) is 58.7 Å². The fourth-order valence-corrected chi connectivity index (χ4v) is 3.78. The Morgan fingerprint density at radius 2 is 1.68 bits per heavy atom. The number of hydrazone groups is 1. The number of hydrogen-bond acceptors (Lipinski definition) is 5. The standard InChI is InChI=1S/C26H34N4O4/c1-15(2)17(4)28-25(31)19-10-8-18(9-11-19)24-21-14-23(34-7)22(33-6)13-20(21)12-16(3)30(29-24)26(32)27-5/h8-11,13-17H,12H2,1-7H3,(H,27,32)(H,28,31)/t16-,17-/m1/s1. The zero-order chi connectivity index (χ0) is 25.0. The number of carbonyl (C=O) groups excluding carboxylic acids is 2. The van der Waals surface area contributed by atoms with Gasteiger partial charge in [0.1, 0.15) is 0 Å². The molecule has 182 valence electrons. The van der Waals surface area contributed by atoms with Gasteiger partial charge >= 0.3 is 6.03 Å². The molecule has 0 saturated heterocycles. The number of carbonyl (C=O) groups is 2. The Bertz CT molecular complexity index is 1080. The Balaban J connectivity index is 2.08. The summed E-state index contributed by atoms with van der Waals surface area (Å²) in [6.07, 6.45) is 0.587. The zero-order valence-electron chi connectivity index (χ0n) is 20.9. The first kappa shape index (κ1) is 25.1. The van der Waals surface area contributed by atoms with Crippen molar-refractivity contribution in [1.82, 2.24) is 15.6 Å². The van der Waals surface area contributed by atoms with E-state index in [2.05, 4.69) is 24.5 Å². The molecule has 2 aromatic rings. The fraction of sp³-hybridized carbons (Fsp3) is 0.423. The van der Waals surface area contributed by atoms with Crippen molar-refractivity contribution in [2.24, 2.45) is 11.0 Å². The summed E-state index contributed by atoms with van der Waals surface area (Å²) in [6, 6.07) is 10.7. The van der Waals surface area contributed by atoms with E-state index in [0.717, 1.165) is 16.7 Å². The maximum absolute atomic E-state index is 12.6. The van der Waals surface area contributed by atoms with Gasteiger partial charge in [0.05, 0.1) is 26.0 Å². The highest BCUT2D eigenvalue weighted by Crippen LogP contribution is 2.34. The van der Waals surface area contributed by atoms with Crippen LogP contribution in [0.2, 0.25) is 0 Å². The van der Waals surface area contributed by atoms with E-state index >= 15 is 0 Å². The molecule has 2 atom stereocenters. The van der Waals surface area contributed by atoms with Gasteiger partial charge in [0, 0.05) is 29.8 Å². The molecule has 34 heavy (non-hydrogen) atoms. The van der Waals surface area contributed by atoms with E-state index in [1.807, 2.05) is 38.1 Å². The van der Waals surface area contributed by atoms with Crippen LogP contribution in [-0.4, -0.2) is 56.0 Å². The smallest absolute Gasteiger partial charge is 0.337 e. The Labute approximate surface area is 201 Å². The number of nitrogens with one attached hydrogen (secondary N) is 2. The average molecular weight is 467 g/mol. The number of rotatable bonds is 6. The Hall–Kier alpha value is -3.55. The molecule has 8 nitrogen and oxygen atoms in total. The molecule has 2 N–H and O–H groups in total. The molecule has 0 aliphatic carbocycles. The Kier molecular flexibility index (Phi) is 7.81. The molecule has 0 fully saturated rings. The molecule has 3 amide bonds. The van der Waals surface area contributed by atoms with Crippen LogP contribution in [0.3, 0.4) is 0 Å². The molecule has 0 spiro atoms. The number of benzene rings is 2. The van der Waals surface area contributed by atoms with Crippen LogP contribution in [0, 0.1) is 5.92 Å². The Morgan fingerprint density at radius 3 is 2.24 bits per heavy atom. The third kappa shape index (κ3) is 5.16. The molecule has 0 unspecified atom stereocenters. The molecule has 1 aliphatic rings. The van der Waals surface area contributed by atoms with Gasteiger partial charge < -0.3 is 20.1 Å². The third-order valence-electron chi connectivity index (χ3n) is 6.21. The van der Waals surface area contributed by atoms with Crippen molar-refractivity contribution in [3.63, 3.8) is 0 Å². The quantitative estimate of drug-likeness (QED) is 0.677. The first-order valence-corrected chi connectivity index (χ1v) is 11.5. The lowest BCUT2D eigenvalue weighted by atomic mass is 9.93. The molecule has 0 bridgehead atoms. The van der Waals surface area contributed by atoms with Gasteiger partial charge in [-0.25, -0.2) is 9.80 Å². The van der Waals surface area contributed by atoms with Crippen molar-refractivity contribution in [3.8, 4) is 11.5 Å². The molecule has 0 radical (unpaired) electrons. The van der Waals surface area contributed by atoms with Crippen LogP contribution in [0.1, 0.15) is 54.7 Å². The minimum absolute atomic E-state index is 0.0651. The number of nitrogens with zero attached hydrogens (tertiary/aromatic N) is 2. The lowest BCUT2D eigenvalue weighted by molar-refractivity contribution is 0.0930. The van der Waals surface area contributed by atoms with Crippen molar-refractivity contribution in [2.75, 3.05) is 21.3 Å². The molecular formula is C26H34N4O4. The SMILES string of the molecule is CNC(=O)N1N=C(c2ccc(C(=O)N[C@H](C)C(C)C)cc2)c2cc(OC)c(OC)cc2C[C@H]1C. The zero-order valence-corrected chi connectivity index (χ0v) is 20.9. The molecule has 1 aliphatic heterocycles. The summed E-state index contributed by atoms with van der Waals surface area (Å²) in [4.78, 5) is 25.3. The van der Waals surface area contributed by atoms with Gasteiger partial charge in [-0.2, -0.15) is 5.10 Å². The first-order valence-electron chi connectivity index (χ1n) is 11.5. The summed E-state index contributed by atoms with van der Waals surface area (Å²) in [6.45, 7) is 8.08. The topological polar surface area (TPSA) is 92.3 Å². The van der Waals surface area contributed by atoms with E-state index in [9.17, 15) is 9.59 Å². The maximum Gasteiger partial charge on any atom is 0.337 e. The van der Waals surface area contributed by atoms with Crippen LogP contribution in [-0.2, 0) is 6.42 Å². The molecule has 8 heteroatoms. The van der Waals surface area contributed by atoms with Crippen LogP contribution < -0.4 is 20.1 Å². The van der Waals surface area contributed by atoms with Crippen LogP contribution in [0.4, 0.5) is 4.79 Å². The van der Waals surface area contributed by atoms with Gasteiger partial charge in [0.2, 0.25) is 0 Å². The van der Waals surface area contributed by atoms with Gasteiger partial charge in [-0.3, -0.25) is 4.79 Å². The molecule has 0 saturated carbocycles. The van der Waals surface area contributed by atoms with E-state index in [-0.39, 0.29) is 24.0 Å². The first-order chi connectivity index (χ1) is 16.2. The van der Waals surface area contributed by atoms with Crippen LogP contribution in [0.15, 0.2) is 41.5 Å². The van der Waals surface area contributed by atoms with Crippen molar-refractivity contribution in [2.45, 2.75) is 46.2 Å². The van der Waals surface area contributed by atoms with E-state index in [1.165, 1.54) is 5.01 Å². The van der Waals surface area contributed by atoms with Crippen molar-refractivity contribution < 1.29 is 19.1 Å². The van der Waals surface area contributed by atoms with Gasteiger partial charge in [0.25, 0.3) is 5.91 Å². The van der Waals surface area contributed by atoms with E-state index in [1.54, 1.807) is 33.4 Å². The summed E-state index contributed by atoms with van der Waals surface area (Å²) in [5.74, 6) is 1.41. The number of amides is 3. The predicted molar refractivity (Wildman–Crippen MR) is 133 cm³/mol. The number of urea groups is 1. The van der Waals surface area contributed by atoms with Crippen LogP contribution >= 0.6 is 0 Å². The lowest BCUT2D eigenvalue weighted by Crippen LogP contribution is -2.41. The number of methoxy groups -OCH3 is 2. The maximum atomic E-state index is 12.6. The van der Waals surface area contributed by atoms with Crippen molar-refractivity contribution >= 4 is 17.6 Å². The largest absolute Gasteiger partial charge is 0.493 e. The normalized spacial score (nSPS) is 16.2. The highest BCUT2D eigenvalue weighted by Gasteiger charge is 2.28. The molecule has 3 rings (SSSR count). The number of fused-ring (bicyclic) bond motifs is 1. The molecule has 2 aromatic carbocycles. The minimum atomic E-state index is -0.296. The van der Waals surface area contributed by atoms with Gasteiger partial charge in [-0.1, -0.05) is 26.0 Å². The number of hydrogen-bond donors (Lipinski definition) is 2. The summed E-state index contributed by atoms with van der Waals surface area (Å²) < 4.78 is 11.0. The van der Waals surface area contributed by atoms with Crippen LogP contribution in [0.25, 0.3) is 0 Å². The predicted octanol–water partition coefficient (Wildman–Crippen LogP) is 3.82. The summed E-state index contributed by atoms with van der Waals surface area (Å²) in [5, 5.41) is 11.9. The minimum Gasteiger partial charge on any atom is -0.493 e. The average Bonchev–Trinajstić information content (AvgIpc) is 2.97. The van der Waals surface area contributed by atoms with E-state index in [4.69, 9.17) is 14.6 Å². The third-order valence-corrected chi connectivity index (χ3v) is 6.21. The lowest BCUT2D eigenvalue weighted by Gasteiger charge is -2.22. The summed E-state index contributed by atoms with van der Waals surface area (Å²) in [5.41, 5.74) is 3.80. The molecule has 1 heterocycles. The fourth-order valence-electron chi connectivity index (χ4n) is 3.78. The van der Waals surface area contributed by atoms with Crippen LogP contribution in [0.5, 0.6) is 11.5 Å². The monoisotopic (exact) mass is 466 g/mol. The van der Waals surface area contributed by atoms with E-state index in [0.29, 0.717) is 35.1 Å².